The van der Waals surface area contributed by atoms with Gasteiger partial charge in [0.25, 0.3) is 0 Å². The van der Waals surface area contributed by atoms with Crippen molar-refractivity contribution in [2.24, 2.45) is 5.92 Å². The van der Waals surface area contributed by atoms with E-state index < -0.39 is 0 Å². The summed E-state index contributed by atoms with van der Waals surface area (Å²) in [4.78, 5) is 17.1. The van der Waals surface area contributed by atoms with Gasteiger partial charge in [0.15, 0.2) is 0 Å². The largest absolute Gasteiger partial charge is 0.340 e. The number of hydrogen-bond acceptors (Lipinski definition) is 2. The zero-order chi connectivity index (χ0) is 15.9. The Morgan fingerprint density at radius 3 is 2.45 bits per heavy atom. The van der Waals surface area contributed by atoms with E-state index in [-0.39, 0.29) is 5.92 Å². The Labute approximate surface area is 135 Å². The molecule has 1 aliphatic heterocycles. The van der Waals surface area contributed by atoms with Crippen LogP contribution in [0.4, 0.5) is 0 Å². The molecule has 0 aliphatic carbocycles. The third kappa shape index (κ3) is 4.33. The summed E-state index contributed by atoms with van der Waals surface area (Å²) in [5, 5.41) is 0. The fraction of sp³-hybridized carbons (Fsp3) is 0.632. The molecule has 0 radical (unpaired) electrons. The lowest BCUT2D eigenvalue weighted by atomic mass is 10.0. The van der Waals surface area contributed by atoms with E-state index in [9.17, 15) is 4.79 Å². The SMILES string of the molecule is CCC(CC)C(=O)N1CCN(CCc2ccccc2)C(C)C1. The van der Waals surface area contributed by atoms with Gasteiger partial charge in [0, 0.05) is 38.1 Å². The van der Waals surface area contributed by atoms with E-state index in [4.69, 9.17) is 0 Å². The summed E-state index contributed by atoms with van der Waals surface area (Å²) in [6.07, 6.45) is 3.00. The summed E-state index contributed by atoms with van der Waals surface area (Å²) in [5.41, 5.74) is 1.39. The number of benzene rings is 1. The molecule has 0 N–H and O–H groups in total. The number of nitrogens with zero attached hydrogens (tertiary/aromatic N) is 2. The quantitative estimate of drug-likeness (QED) is 0.805. The normalized spacial score (nSPS) is 19.6. The van der Waals surface area contributed by atoms with Gasteiger partial charge in [-0.25, -0.2) is 0 Å². The second-order valence-corrected chi connectivity index (χ2v) is 6.42. The first-order valence-electron chi connectivity index (χ1n) is 8.72. The van der Waals surface area contributed by atoms with Crippen molar-refractivity contribution in [2.75, 3.05) is 26.2 Å². The summed E-state index contributed by atoms with van der Waals surface area (Å²) in [7, 11) is 0. The van der Waals surface area contributed by atoms with Crippen LogP contribution in [0.5, 0.6) is 0 Å². The van der Waals surface area contributed by atoms with Gasteiger partial charge in [-0.05, 0) is 31.7 Å². The second-order valence-electron chi connectivity index (χ2n) is 6.42. The van der Waals surface area contributed by atoms with Crippen LogP contribution >= 0.6 is 0 Å². The minimum atomic E-state index is 0.211. The summed E-state index contributed by atoms with van der Waals surface area (Å²) >= 11 is 0. The highest BCUT2D eigenvalue weighted by Crippen LogP contribution is 2.17. The van der Waals surface area contributed by atoms with Gasteiger partial charge in [-0.15, -0.1) is 0 Å². The van der Waals surface area contributed by atoms with E-state index in [1.54, 1.807) is 0 Å². The first-order chi connectivity index (χ1) is 10.7. The van der Waals surface area contributed by atoms with Gasteiger partial charge in [0.05, 0.1) is 0 Å². The maximum Gasteiger partial charge on any atom is 0.225 e. The Morgan fingerprint density at radius 2 is 1.86 bits per heavy atom. The fourth-order valence-corrected chi connectivity index (χ4v) is 3.34. The predicted octanol–water partition coefficient (Wildman–Crippen LogP) is 3.20. The molecule has 2 rings (SSSR count). The smallest absolute Gasteiger partial charge is 0.225 e. The van der Waals surface area contributed by atoms with Crippen molar-refractivity contribution in [2.45, 2.75) is 46.1 Å². The van der Waals surface area contributed by atoms with E-state index in [2.05, 4.69) is 60.9 Å². The molecule has 0 aromatic heterocycles. The molecule has 3 nitrogen and oxygen atoms in total. The number of rotatable bonds is 6. The number of carbonyl (C=O) groups excluding carboxylic acids is 1. The standard InChI is InChI=1S/C19H30N2O/c1-4-18(5-2)19(22)21-14-13-20(16(3)15-21)12-11-17-9-7-6-8-10-17/h6-10,16,18H,4-5,11-15H2,1-3H3. The van der Waals surface area contributed by atoms with Crippen molar-refractivity contribution in [3.05, 3.63) is 35.9 Å². The van der Waals surface area contributed by atoms with Crippen LogP contribution in [0.15, 0.2) is 30.3 Å². The predicted molar refractivity (Wildman–Crippen MR) is 91.8 cm³/mol. The average molecular weight is 302 g/mol. The maximum atomic E-state index is 12.5. The third-order valence-electron chi connectivity index (χ3n) is 4.94. The van der Waals surface area contributed by atoms with Gasteiger partial charge < -0.3 is 4.90 Å². The summed E-state index contributed by atoms with van der Waals surface area (Å²) < 4.78 is 0. The second kappa shape index (κ2) is 8.33. The molecule has 1 aromatic carbocycles. The Hall–Kier alpha value is -1.35. The van der Waals surface area contributed by atoms with Gasteiger partial charge in [0.2, 0.25) is 5.91 Å². The van der Waals surface area contributed by atoms with Crippen LogP contribution in [-0.4, -0.2) is 47.9 Å². The fourth-order valence-electron chi connectivity index (χ4n) is 3.34. The molecule has 3 heteroatoms. The van der Waals surface area contributed by atoms with Crippen LogP contribution in [0.25, 0.3) is 0 Å². The Balaban J connectivity index is 1.83. The Bertz CT molecular complexity index is 456. The van der Waals surface area contributed by atoms with E-state index in [0.29, 0.717) is 11.9 Å². The summed E-state index contributed by atoms with van der Waals surface area (Å²) in [6, 6.07) is 11.1. The molecule has 22 heavy (non-hydrogen) atoms. The van der Waals surface area contributed by atoms with Crippen LogP contribution in [-0.2, 0) is 11.2 Å². The molecule has 1 aromatic rings. The van der Waals surface area contributed by atoms with Crippen molar-refractivity contribution >= 4 is 5.91 Å². The molecule has 1 aliphatic rings. The van der Waals surface area contributed by atoms with Crippen molar-refractivity contribution < 1.29 is 4.79 Å². The number of carbonyl (C=O) groups is 1. The van der Waals surface area contributed by atoms with Gasteiger partial charge in [-0.2, -0.15) is 0 Å². The molecule has 122 valence electrons. The Kier molecular flexibility index (Phi) is 6.44. The minimum absolute atomic E-state index is 0.211. The van der Waals surface area contributed by atoms with Crippen molar-refractivity contribution in [1.82, 2.24) is 9.80 Å². The Morgan fingerprint density at radius 1 is 1.18 bits per heavy atom. The van der Waals surface area contributed by atoms with Gasteiger partial charge >= 0.3 is 0 Å². The summed E-state index contributed by atoms with van der Waals surface area (Å²) in [6.45, 7) is 10.3. The monoisotopic (exact) mass is 302 g/mol. The lowest BCUT2D eigenvalue weighted by molar-refractivity contribution is -0.138. The molecular formula is C19H30N2O. The van der Waals surface area contributed by atoms with Crippen LogP contribution in [0.1, 0.15) is 39.2 Å². The molecule has 1 atom stereocenters. The average Bonchev–Trinajstić information content (AvgIpc) is 2.55. The van der Waals surface area contributed by atoms with Crippen molar-refractivity contribution in [3.63, 3.8) is 0 Å². The number of piperazine rings is 1. The minimum Gasteiger partial charge on any atom is -0.340 e. The first kappa shape index (κ1) is 17.0. The van der Waals surface area contributed by atoms with E-state index >= 15 is 0 Å². The van der Waals surface area contributed by atoms with Gasteiger partial charge in [-0.3, -0.25) is 9.69 Å². The van der Waals surface area contributed by atoms with Crippen LogP contribution in [0.3, 0.4) is 0 Å². The lowest BCUT2D eigenvalue weighted by Crippen LogP contribution is -2.55. The number of hydrogen-bond donors (Lipinski definition) is 0. The molecule has 1 unspecified atom stereocenters. The van der Waals surface area contributed by atoms with E-state index in [1.165, 1.54) is 5.56 Å². The third-order valence-corrected chi connectivity index (χ3v) is 4.94. The highest BCUT2D eigenvalue weighted by Gasteiger charge is 2.29. The zero-order valence-corrected chi connectivity index (χ0v) is 14.3. The van der Waals surface area contributed by atoms with Crippen molar-refractivity contribution in [1.29, 1.82) is 0 Å². The van der Waals surface area contributed by atoms with E-state index in [1.807, 2.05) is 0 Å². The van der Waals surface area contributed by atoms with Crippen molar-refractivity contribution in [3.8, 4) is 0 Å². The molecule has 0 saturated carbocycles. The molecule has 0 spiro atoms. The summed E-state index contributed by atoms with van der Waals surface area (Å²) in [5.74, 6) is 0.572. The molecule has 1 saturated heterocycles. The van der Waals surface area contributed by atoms with Crippen LogP contribution in [0.2, 0.25) is 0 Å². The highest BCUT2D eigenvalue weighted by atomic mass is 16.2. The van der Waals surface area contributed by atoms with Crippen LogP contribution in [0, 0.1) is 5.92 Å². The topological polar surface area (TPSA) is 23.6 Å². The molecule has 1 fully saturated rings. The van der Waals surface area contributed by atoms with Gasteiger partial charge in [0.1, 0.15) is 0 Å². The number of amides is 1. The zero-order valence-electron chi connectivity index (χ0n) is 14.3. The van der Waals surface area contributed by atoms with Crippen LogP contribution < -0.4 is 0 Å². The van der Waals surface area contributed by atoms with E-state index in [0.717, 1.165) is 45.4 Å². The first-order valence-corrected chi connectivity index (χ1v) is 8.72. The lowest BCUT2D eigenvalue weighted by Gasteiger charge is -2.41. The maximum absolute atomic E-state index is 12.5. The highest BCUT2D eigenvalue weighted by molar-refractivity contribution is 5.78. The molecule has 0 bridgehead atoms. The molecule has 1 amide bonds. The molecular weight excluding hydrogens is 272 g/mol. The van der Waals surface area contributed by atoms with Gasteiger partial charge in [-0.1, -0.05) is 44.2 Å². The molecule has 1 heterocycles.